The van der Waals surface area contributed by atoms with Crippen LogP contribution >= 0.6 is 34.8 Å². The molecule has 3 aromatic rings. The summed E-state index contributed by atoms with van der Waals surface area (Å²) in [5.74, 6) is 0.710. The number of halogens is 3. The van der Waals surface area contributed by atoms with Gasteiger partial charge in [-0.1, -0.05) is 53.0 Å². The van der Waals surface area contributed by atoms with Gasteiger partial charge in [-0.25, -0.2) is 0 Å². The summed E-state index contributed by atoms with van der Waals surface area (Å²) in [5, 5.41) is 9.16. The van der Waals surface area contributed by atoms with E-state index >= 15 is 0 Å². The van der Waals surface area contributed by atoms with Crippen LogP contribution in [-0.2, 0) is 11.3 Å². The van der Waals surface area contributed by atoms with Crippen LogP contribution in [0.3, 0.4) is 0 Å². The smallest absolute Gasteiger partial charge is 0.229 e. The van der Waals surface area contributed by atoms with Gasteiger partial charge in [0.1, 0.15) is 0 Å². The Morgan fingerprint density at radius 3 is 2.48 bits per heavy atom. The van der Waals surface area contributed by atoms with Crippen molar-refractivity contribution in [3.8, 4) is 0 Å². The lowest BCUT2D eigenvalue weighted by atomic mass is 10.1. The number of hydrogen-bond donors (Lipinski definition) is 1. The third-order valence-electron chi connectivity index (χ3n) is 4.70. The van der Waals surface area contributed by atoms with Crippen LogP contribution in [0, 0.1) is 5.92 Å². The maximum atomic E-state index is 12.5. The third kappa shape index (κ3) is 4.13. The van der Waals surface area contributed by atoms with Crippen LogP contribution in [0.1, 0.15) is 23.5 Å². The topological polar surface area (TPSA) is 46.9 Å². The van der Waals surface area contributed by atoms with E-state index in [-0.39, 0.29) is 17.7 Å². The average molecular weight is 421 g/mol. The van der Waals surface area contributed by atoms with E-state index in [9.17, 15) is 4.79 Å². The second kappa shape index (κ2) is 7.55. The third-order valence-corrected chi connectivity index (χ3v) is 5.66. The van der Waals surface area contributed by atoms with Crippen LogP contribution < -0.4 is 5.32 Å². The number of carbonyl (C=O) groups excluding carboxylic acids is 1. The highest BCUT2D eigenvalue weighted by atomic mass is 35.5. The Hall–Kier alpha value is -2.01. The lowest BCUT2D eigenvalue weighted by molar-refractivity contribution is -0.117. The summed E-state index contributed by atoms with van der Waals surface area (Å²) < 4.78 is 1.70. The Morgan fingerprint density at radius 1 is 1.07 bits per heavy atom. The van der Waals surface area contributed by atoms with Gasteiger partial charge in [0.25, 0.3) is 0 Å². The molecular formula is C20H16Cl3N3O. The first-order chi connectivity index (χ1) is 13.0. The maximum Gasteiger partial charge on any atom is 0.229 e. The van der Waals surface area contributed by atoms with Gasteiger partial charge in [0.15, 0.2) is 5.82 Å². The molecule has 1 amide bonds. The van der Waals surface area contributed by atoms with Crippen LogP contribution in [0.25, 0.3) is 0 Å². The predicted octanol–water partition coefficient (Wildman–Crippen LogP) is 5.63. The molecule has 0 spiro atoms. The molecule has 1 aliphatic carbocycles. The Balaban J connectivity index is 1.38. The zero-order chi connectivity index (χ0) is 19.0. The highest BCUT2D eigenvalue weighted by Gasteiger charge is 2.44. The summed E-state index contributed by atoms with van der Waals surface area (Å²) in [7, 11) is 0. The number of anilines is 1. The molecule has 1 N–H and O–H groups in total. The molecule has 0 bridgehead atoms. The SMILES string of the molecule is O=C(Nc1ccn(Cc2c(Cl)cccc2Cl)n1)C1CC1c1ccc(Cl)cc1. The van der Waals surface area contributed by atoms with E-state index < -0.39 is 0 Å². The number of carbonyl (C=O) groups is 1. The monoisotopic (exact) mass is 419 g/mol. The van der Waals surface area contributed by atoms with Gasteiger partial charge in [-0.3, -0.25) is 9.48 Å². The molecule has 1 fully saturated rings. The lowest BCUT2D eigenvalue weighted by Gasteiger charge is -2.07. The van der Waals surface area contributed by atoms with Crippen LogP contribution in [-0.4, -0.2) is 15.7 Å². The zero-order valence-electron chi connectivity index (χ0n) is 14.2. The molecule has 2 atom stereocenters. The molecule has 2 aromatic carbocycles. The Labute approximate surface area is 172 Å². The zero-order valence-corrected chi connectivity index (χ0v) is 16.5. The molecule has 138 valence electrons. The van der Waals surface area contributed by atoms with Crippen LogP contribution in [0.4, 0.5) is 5.82 Å². The van der Waals surface area contributed by atoms with Gasteiger partial charge in [-0.05, 0) is 42.2 Å². The quantitative estimate of drug-likeness (QED) is 0.581. The van der Waals surface area contributed by atoms with E-state index in [1.165, 1.54) is 0 Å². The fraction of sp³-hybridized carbons (Fsp3) is 0.200. The normalized spacial score (nSPS) is 18.3. The van der Waals surface area contributed by atoms with Crippen molar-refractivity contribution in [2.75, 3.05) is 5.32 Å². The minimum absolute atomic E-state index is 0.0176. The van der Waals surface area contributed by atoms with Gasteiger partial charge in [0.2, 0.25) is 5.91 Å². The highest BCUT2D eigenvalue weighted by Crippen LogP contribution is 2.48. The summed E-state index contributed by atoms with van der Waals surface area (Å²) in [4.78, 5) is 12.5. The molecule has 1 saturated carbocycles. The number of rotatable bonds is 5. The van der Waals surface area contributed by atoms with Crippen LogP contribution in [0.15, 0.2) is 54.7 Å². The van der Waals surface area contributed by atoms with Crippen molar-refractivity contribution in [1.82, 2.24) is 9.78 Å². The fourth-order valence-corrected chi connectivity index (χ4v) is 3.79. The Bertz CT molecular complexity index is 964. The molecule has 1 heterocycles. The maximum absolute atomic E-state index is 12.5. The minimum atomic E-state index is -0.0330. The summed E-state index contributed by atoms with van der Waals surface area (Å²) in [6.07, 6.45) is 2.63. The summed E-state index contributed by atoms with van der Waals surface area (Å²) in [6.45, 7) is 0.436. The largest absolute Gasteiger partial charge is 0.309 e. The molecule has 4 nitrogen and oxygen atoms in total. The predicted molar refractivity (Wildman–Crippen MR) is 109 cm³/mol. The molecule has 1 aromatic heterocycles. The van der Waals surface area contributed by atoms with Crippen molar-refractivity contribution >= 4 is 46.5 Å². The second-order valence-corrected chi connectivity index (χ2v) is 7.84. The van der Waals surface area contributed by atoms with Crippen molar-refractivity contribution in [2.24, 2.45) is 5.92 Å². The van der Waals surface area contributed by atoms with Crippen molar-refractivity contribution in [3.05, 3.63) is 80.9 Å². The summed E-state index contributed by atoms with van der Waals surface area (Å²) in [6, 6.07) is 14.8. The molecule has 27 heavy (non-hydrogen) atoms. The number of benzene rings is 2. The molecule has 0 radical (unpaired) electrons. The molecule has 0 saturated heterocycles. The lowest BCUT2D eigenvalue weighted by Crippen LogP contribution is -2.15. The second-order valence-electron chi connectivity index (χ2n) is 6.59. The van der Waals surface area contributed by atoms with Gasteiger partial charge < -0.3 is 5.32 Å². The van der Waals surface area contributed by atoms with Gasteiger partial charge >= 0.3 is 0 Å². The van der Waals surface area contributed by atoms with E-state index in [1.54, 1.807) is 35.1 Å². The van der Waals surface area contributed by atoms with E-state index in [0.717, 1.165) is 17.5 Å². The van der Waals surface area contributed by atoms with E-state index in [2.05, 4.69) is 10.4 Å². The molecule has 4 rings (SSSR count). The summed E-state index contributed by atoms with van der Waals surface area (Å²) >= 11 is 18.3. The first-order valence-corrected chi connectivity index (χ1v) is 9.67. The van der Waals surface area contributed by atoms with Crippen LogP contribution in [0.5, 0.6) is 0 Å². The summed E-state index contributed by atoms with van der Waals surface area (Å²) in [5.41, 5.74) is 1.94. The Kier molecular flexibility index (Phi) is 5.13. The van der Waals surface area contributed by atoms with Crippen LogP contribution in [0.2, 0.25) is 15.1 Å². The van der Waals surface area contributed by atoms with Gasteiger partial charge in [-0.15, -0.1) is 0 Å². The molecule has 7 heteroatoms. The fourth-order valence-electron chi connectivity index (χ4n) is 3.14. The first kappa shape index (κ1) is 18.4. The number of aromatic nitrogens is 2. The number of nitrogens with one attached hydrogen (secondary N) is 1. The van der Waals surface area contributed by atoms with Gasteiger partial charge in [-0.2, -0.15) is 5.10 Å². The van der Waals surface area contributed by atoms with Crippen molar-refractivity contribution in [1.29, 1.82) is 0 Å². The van der Waals surface area contributed by atoms with Gasteiger partial charge in [0.05, 0.1) is 6.54 Å². The molecule has 2 unspecified atom stereocenters. The standard InChI is InChI=1S/C20H16Cl3N3O/c21-13-6-4-12(5-7-13)14-10-15(14)20(27)24-19-8-9-26(25-19)11-16-17(22)2-1-3-18(16)23/h1-9,14-15H,10-11H2,(H,24,25,27). The minimum Gasteiger partial charge on any atom is -0.309 e. The van der Waals surface area contributed by atoms with E-state index in [4.69, 9.17) is 34.8 Å². The number of hydrogen-bond acceptors (Lipinski definition) is 2. The van der Waals surface area contributed by atoms with Crippen molar-refractivity contribution in [3.63, 3.8) is 0 Å². The van der Waals surface area contributed by atoms with E-state index in [0.29, 0.717) is 27.4 Å². The first-order valence-electron chi connectivity index (χ1n) is 8.54. The van der Waals surface area contributed by atoms with E-state index in [1.807, 2.05) is 24.3 Å². The number of amides is 1. The average Bonchev–Trinajstić information content (AvgIpc) is 3.33. The van der Waals surface area contributed by atoms with Gasteiger partial charge in [0, 0.05) is 38.8 Å². The highest BCUT2D eigenvalue weighted by molar-refractivity contribution is 6.36. The molecular weight excluding hydrogens is 405 g/mol. The molecule has 1 aliphatic rings. The Morgan fingerprint density at radius 2 is 1.78 bits per heavy atom. The van der Waals surface area contributed by atoms with Crippen molar-refractivity contribution < 1.29 is 4.79 Å². The number of nitrogens with zero attached hydrogens (tertiary/aromatic N) is 2. The molecule has 0 aliphatic heterocycles. The van der Waals surface area contributed by atoms with Crippen molar-refractivity contribution in [2.45, 2.75) is 18.9 Å².